The van der Waals surface area contributed by atoms with E-state index in [0.717, 1.165) is 24.0 Å². The Bertz CT molecular complexity index is 1790. The number of nitrogens with zero attached hydrogens (tertiary/aromatic N) is 4. The Balaban J connectivity index is 1.64. The van der Waals surface area contributed by atoms with Crippen molar-refractivity contribution in [3.63, 3.8) is 0 Å². The smallest absolute Gasteiger partial charge is 0.337 e. The number of anilines is 1. The van der Waals surface area contributed by atoms with E-state index in [1.807, 2.05) is 58.0 Å². The van der Waals surface area contributed by atoms with Gasteiger partial charge in [0.1, 0.15) is 24.0 Å². The van der Waals surface area contributed by atoms with Gasteiger partial charge in [-0.25, -0.2) is 14.2 Å². The summed E-state index contributed by atoms with van der Waals surface area (Å²) in [5.74, 6) is -0.317. The third-order valence-corrected chi connectivity index (χ3v) is 8.20. The van der Waals surface area contributed by atoms with E-state index in [9.17, 15) is 14.3 Å². The summed E-state index contributed by atoms with van der Waals surface area (Å²) in [5.41, 5.74) is 3.27. The van der Waals surface area contributed by atoms with Gasteiger partial charge < -0.3 is 24.2 Å². The lowest BCUT2D eigenvalue weighted by molar-refractivity contribution is -0.160. The SMILES string of the molecule is C=CCOc1ccc(F)cc1-c1cccc(-c2cc3nc(C)c(C(OC(C)(C)C)C(=O)O)c(N4CCC(C)(OCC=C)CC4)n3n2)c1. The van der Waals surface area contributed by atoms with Gasteiger partial charge in [0, 0.05) is 36.0 Å². The second-order valence-corrected chi connectivity index (χ2v) is 13.0. The molecule has 5 rings (SSSR count). The second-order valence-electron chi connectivity index (χ2n) is 13.0. The molecule has 1 atom stereocenters. The first kappa shape index (κ1) is 33.8. The van der Waals surface area contributed by atoms with E-state index >= 15 is 0 Å². The topological polar surface area (TPSA) is 98.4 Å². The molecule has 1 aliphatic rings. The molecular formula is C37H43FN4O5. The fourth-order valence-corrected chi connectivity index (χ4v) is 5.90. The molecule has 1 fully saturated rings. The average molecular weight is 643 g/mol. The molecule has 1 N–H and O–H groups in total. The number of fused-ring (bicyclic) bond motifs is 1. The fraction of sp³-hybridized carbons (Fsp3) is 0.378. The van der Waals surface area contributed by atoms with Crippen LogP contribution in [0.15, 0.2) is 73.8 Å². The molecule has 0 saturated carbocycles. The number of carbonyl (C=O) groups is 1. The van der Waals surface area contributed by atoms with Crippen LogP contribution in [0, 0.1) is 12.7 Å². The monoisotopic (exact) mass is 642 g/mol. The van der Waals surface area contributed by atoms with Crippen LogP contribution in [0.25, 0.3) is 28.0 Å². The molecule has 0 amide bonds. The van der Waals surface area contributed by atoms with Gasteiger partial charge in [0.2, 0.25) is 0 Å². The van der Waals surface area contributed by atoms with Crippen molar-refractivity contribution in [1.29, 1.82) is 0 Å². The molecule has 0 spiro atoms. The van der Waals surface area contributed by atoms with Crippen molar-refractivity contribution >= 4 is 17.4 Å². The minimum absolute atomic E-state index is 0.285. The molecule has 1 unspecified atom stereocenters. The van der Waals surface area contributed by atoms with Gasteiger partial charge in [-0.3, -0.25) is 0 Å². The van der Waals surface area contributed by atoms with Crippen molar-refractivity contribution in [2.75, 3.05) is 31.2 Å². The highest BCUT2D eigenvalue weighted by Gasteiger charge is 2.37. The van der Waals surface area contributed by atoms with E-state index < -0.39 is 17.7 Å². The summed E-state index contributed by atoms with van der Waals surface area (Å²) in [4.78, 5) is 19.8. The Morgan fingerprint density at radius 2 is 1.79 bits per heavy atom. The second kappa shape index (κ2) is 13.7. The quantitative estimate of drug-likeness (QED) is 0.158. The van der Waals surface area contributed by atoms with Crippen LogP contribution in [0.4, 0.5) is 10.2 Å². The molecule has 4 aromatic rings. The van der Waals surface area contributed by atoms with Gasteiger partial charge in [0.05, 0.1) is 29.1 Å². The predicted molar refractivity (Wildman–Crippen MR) is 181 cm³/mol. The zero-order valence-corrected chi connectivity index (χ0v) is 27.8. The highest BCUT2D eigenvalue weighted by atomic mass is 19.1. The lowest BCUT2D eigenvalue weighted by Gasteiger charge is -2.41. The summed E-state index contributed by atoms with van der Waals surface area (Å²) >= 11 is 0. The average Bonchev–Trinajstić information content (AvgIpc) is 3.45. The van der Waals surface area contributed by atoms with Crippen LogP contribution in [-0.4, -0.2) is 63.2 Å². The largest absolute Gasteiger partial charge is 0.489 e. The lowest BCUT2D eigenvalue weighted by Crippen LogP contribution is -2.45. The number of piperidine rings is 1. The van der Waals surface area contributed by atoms with Gasteiger partial charge >= 0.3 is 5.97 Å². The van der Waals surface area contributed by atoms with Crippen molar-refractivity contribution in [3.05, 3.63) is 90.9 Å². The van der Waals surface area contributed by atoms with Crippen LogP contribution < -0.4 is 9.64 Å². The molecule has 0 bridgehead atoms. The maximum atomic E-state index is 14.4. The van der Waals surface area contributed by atoms with E-state index in [1.165, 1.54) is 12.1 Å². The first-order valence-electron chi connectivity index (χ1n) is 15.8. The number of aliphatic carboxylic acids is 1. The number of halogens is 1. The maximum Gasteiger partial charge on any atom is 0.337 e. The summed E-state index contributed by atoms with van der Waals surface area (Å²) in [5, 5.41) is 15.4. The van der Waals surface area contributed by atoms with Crippen LogP contribution in [0.3, 0.4) is 0 Å². The zero-order valence-electron chi connectivity index (χ0n) is 27.8. The molecule has 2 aromatic carbocycles. The third-order valence-electron chi connectivity index (χ3n) is 8.20. The zero-order chi connectivity index (χ0) is 33.9. The number of ether oxygens (including phenoxy) is 3. The standard InChI is InChI=1S/C37H43FN4O5/c1-8-19-45-30-14-13-27(38)22-28(30)25-11-10-12-26(21-25)29-23-31-39-24(3)32(33(35(43)44)47-36(4,5)6)34(42(31)40-29)41-17-15-37(7,16-18-41)46-20-9-2/h8-14,21-23,33H,1-2,15-20H2,3-7H3,(H,43,44). The number of aromatic nitrogens is 3. The Labute approximate surface area is 275 Å². The number of aryl methyl sites for hydroxylation is 1. The van der Waals surface area contributed by atoms with Crippen LogP contribution in [0.5, 0.6) is 5.75 Å². The van der Waals surface area contributed by atoms with Crippen molar-refractivity contribution in [2.45, 2.75) is 64.8 Å². The van der Waals surface area contributed by atoms with E-state index in [-0.39, 0.29) is 18.0 Å². The molecule has 9 nitrogen and oxygen atoms in total. The van der Waals surface area contributed by atoms with Gasteiger partial charge in [0.25, 0.3) is 0 Å². The predicted octanol–water partition coefficient (Wildman–Crippen LogP) is 7.58. The molecule has 248 valence electrons. The van der Waals surface area contributed by atoms with Crippen LogP contribution >= 0.6 is 0 Å². The number of hydrogen-bond acceptors (Lipinski definition) is 7. The van der Waals surface area contributed by atoms with E-state index in [1.54, 1.807) is 22.7 Å². The normalized spacial score (nSPS) is 15.4. The van der Waals surface area contributed by atoms with E-state index in [2.05, 4.69) is 25.0 Å². The minimum atomic E-state index is -1.27. The highest BCUT2D eigenvalue weighted by Crippen LogP contribution is 2.39. The molecule has 10 heteroatoms. The number of carboxylic acid groups (broad SMARTS) is 1. The first-order chi connectivity index (χ1) is 22.3. The van der Waals surface area contributed by atoms with E-state index in [0.29, 0.717) is 59.4 Å². The highest BCUT2D eigenvalue weighted by molar-refractivity contribution is 5.80. The van der Waals surface area contributed by atoms with Gasteiger partial charge in [-0.1, -0.05) is 36.9 Å². The minimum Gasteiger partial charge on any atom is -0.489 e. The number of carboxylic acids is 1. The Kier molecular flexibility index (Phi) is 9.84. The maximum absolute atomic E-state index is 14.4. The molecule has 0 radical (unpaired) electrons. The summed E-state index contributed by atoms with van der Waals surface area (Å²) in [7, 11) is 0. The summed E-state index contributed by atoms with van der Waals surface area (Å²) in [6.07, 6.45) is 3.56. The van der Waals surface area contributed by atoms with Crippen LogP contribution in [-0.2, 0) is 14.3 Å². The third kappa shape index (κ3) is 7.55. The Hall–Kier alpha value is -4.54. The Morgan fingerprint density at radius 1 is 1.09 bits per heavy atom. The number of hydrogen-bond donors (Lipinski definition) is 1. The molecule has 2 aromatic heterocycles. The van der Waals surface area contributed by atoms with Crippen molar-refractivity contribution < 1.29 is 28.5 Å². The molecule has 1 aliphatic heterocycles. The molecular weight excluding hydrogens is 599 g/mol. The van der Waals surface area contributed by atoms with E-state index in [4.69, 9.17) is 24.3 Å². The summed E-state index contributed by atoms with van der Waals surface area (Å²) in [6, 6.07) is 13.9. The fourth-order valence-electron chi connectivity index (χ4n) is 5.90. The number of rotatable bonds is 12. The molecule has 3 heterocycles. The molecule has 0 aliphatic carbocycles. The van der Waals surface area contributed by atoms with Gasteiger partial charge in [-0.2, -0.15) is 9.61 Å². The van der Waals surface area contributed by atoms with Crippen molar-refractivity contribution in [1.82, 2.24) is 14.6 Å². The van der Waals surface area contributed by atoms with Gasteiger partial charge in [-0.05, 0) is 77.3 Å². The molecule has 47 heavy (non-hydrogen) atoms. The number of benzene rings is 2. The van der Waals surface area contributed by atoms with Gasteiger partial charge in [-0.15, -0.1) is 6.58 Å². The van der Waals surface area contributed by atoms with Crippen molar-refractivity contribution in [2.24, 2.45) is 0 Å². The molecule has 1 saturated heterocycles. The first-order valence-corrected chi connectivity index (χ1v) is 15.8. The summed E-state index contributed by atoms with van der Waals surface area (Å²) in [6.45, 7) is 18.9. The van der Waals surface area contributed by atoms with Crippen LogP contribution in [0.2, 0.25) is 0 Å². The van der Waals surface area contributed by atoms with Crippen molar-refractivity contribution in [3.8, 4) is 28.1 Å². The Morgan fingerprint density at radius 3 is 2.45 bits per heavy atom. The summed E-state index contributed by atoms with van der Waals surface area (Å²) < 4.78 is 34.2. The van der Waals surface area contributed by atoms with Gasteiger partial charge in [0.15, 0.2) is 11.8 Å². The lowest BCUT2D eigenvalue weighted by atomic mass is 9.92. The van der Waals surface area contributed by atoms with Crippen LogP contribution in [0.1, 0.15) is 57.9 Å².